The van der Waals surface area contributed by atoms with E-state index in [1.807, 2.05) is 0 Å². The number of rotatable bonds is 7. The first-order valence-electron chi connectivity index (χ1n) is 10.4. The van der Waals surface area contributed by atoms with Crippen LogP contribution in [-0.4, -0.2) is 27.5 Å². The van der Waals surface area contributed by atoms with Gasteiger partial charge < -0.3 is 5.11 Å². The number of unbranched alkanes of at least 4 members (excludes halogenated alkanes) is 1. The summed E-state index contributed by atoms with van der Waals surface area (Å²) in [7, 11) is 0. The minimum Gasteiger partial charge on any atom is -0.384 e. The van der Waals surface area contributed by atoms with E-state index < -0.39 is 5.60 Å². The van der Waals surface area contributed by atoms with Crippen molar-refractivity contribution in [3.05, 3.63) is 18.1 Å². The molecule has 0 spiro atoms. The average Bonchev–Trinajstić information content (AvgIpc) is 2.58. The maximum absolute atomic E-state index is 12.3. The van der Waals surface area contributed by atoms with E-state index in [9.17, 15) is 9.90 Å². The summed E-state index contributed by atoms with van der Waals surface area (Å²) in [6.07, 6.45) is 10.5. The lowest BCUT2D eigenvalue weighted by molar-refractivity contribution is -0.116. The van der Waals surface area contributed by atoms with Crippen molar-refractivity contribution in [3.8, 4) is 0 Å². The number of hydrogen-bond donors (Lipinski definition) is 1. The predicted molar refractivity (Wildman–Crippen MR) is 109 cm³/mol. The summed E-state index contributed by atoms with van der Waals surface area (Å²) in [5.74, 6) is 1.79. The molecule has 5 nitrogen and oxygen atoms in total. The second-order valence-corrected chi connectivity index (χ2v) is 9.42. The summed E-state index contributed by atoms with van der Waals surface area (Å²) in [6.45, 7) is 12.7. The maximum Gasteiger partial charge on any atom is 0.225 e. The van der Waals surface area contributed by atoms with Crippen molar-refractivity contribution < 1.29 is 9.90 Å². The molecule has 1 amide bonds. The van der Waals surface area contributed by atoms with Crippen LogP contribution in [0.1, 0.15) is 85.8 Å². The minimum absolute atomic E-state index is 0.00440. The Morgan fingerprint density at radius 3 is 2.56 bits per heavy atom. The molecule has 2 unspecified atom stereocenters. The van der Waals surface area contributed by atoms with E-state index in [4.69, 9.17) is 0 Å². The lowest BCUT2D eigenvalue weighted by Crippen LogP contribution is -2.40. The highest BCUT2D eigenvalue weighted by molar-refractivity contribution is 5.90. The summed E-state index contributed by atoms with van der Waals surface area (Å²) in [5, 5.41) is 10.1. The highest BCUT2D eigenvalue weighted by atomic mass is 16.3. The van der Waals surface area contributed by atoms with E-state index in [1.165, 1.54) is 32.1 Å². The third kappa shape index (κ3) is 5.74. The molecule has 1 aromatic rings. The van der Waals surface area contributed by atoms with Crippen LogP contribution in [-0.2, 0) is 10.4 Å². The topological polar surface area (TPSA) is 66.3 Å². The van der Waals surface area contributed by atoms with Gasteiger partial charge in [0.05, 0.1) is 18.1 Å². The van der Waals surface area contributed by atoms with Gasteiger partial charge in [-0.15, -0.1) is 0 Å². The van der Waals surface area contributed by atoms with Crippen LogP contribution in [0.5, 0.6) is 0 Å². The molecule has 2 atom stereocenters. The average molecular weight is 376 g/mol. The Morgan fingerprint density at radius 1 is 1.33 bits per heavy atom. The molecule has 1 fully saturated rings. The standard InChI is InChI=1S/C22H37N3O2/c1-7-8-9-18-12-17(10-11-21(18,3)4)15-25(16(2)26)20-14-23-19(13-24-20)22(5,6)27/h13-14,17-18,27H,7-12,15H2,1-6H3. The van der Waals surface area contributed by atoms with Gasteiger partial charge in [0.15, 0.2) is 5.82 Å². The molecule has 1 aromatic heterocycles. The molecule has 2 rings (SSSR count). The van der Waals surface area contributed by atoms with Crippen LogP contribution in [0.2, 0.25) is 0 Å². The fourth-order valence-electron chi connectivity index (χ4n) is 4.16. The zero-order chi connectivity index (χ0) is 20.2. The lowest BCUT2D eigenvalue weighted by Gasteiger charge is -2.43. The Balaban J connectivity index is 2.11. The summed E-state index contributed by atoms with van der Waals surface area (Å²) in [4.78, 5) is 22.8. The summed E-state index contributed by atoms with van der Waals surface area (Å²) < 4.78 is 0. The largest absolute Gasteiger partial charge is 0.384 e. The zero-order valence-electron chi connectivity index (χ0n) is 18.0. The van der Waals surface area contributed by atoms with Crippen LogP contribution in [0.4, 0.5) is 5.82 Å². The predicted octanol–water partition coefficient (Wildman–Crippen LogP) is 4.69. The van der Waals surface area contributed by atoms with Crippen molar-refractivity contribution in [1.82, 2.24) is 9.97 Å². The minimum atomic E-state index is -1.03. The van der Waals surface area contributed by atoms with Crippen molar-refractivity contribution in [2.75, 3.05) is 11.4 Å². The normalized spacial score (nSPS) is 22.5. The number of aliphatic hydroxyl groups is 1. The van der Waals surface area contributed by atoms with Crippen LogP contribution in [0, 0.1) is 17.3 Å². The van der Waals surface area contributed by atoms with E-state index in [-0.39, 0.29) is 5.91 Å². The van der Waals surface area contributed by atoms with Crippen LogP contribution in [0.25, 0.3) is 0 Å². The van der Waals surface area contributed by atoms with Crippen LogP contribution >= 0.6 is 0 Å². The third-order valence-corrected chi connectivity index (χ3v) is 6.19. The smallest absolute Gasteiger partial charge is 0.225 e. The SMILES string of the molecule is CCCCC1CC(CN(C(C)=O)c2cnc(C(C)(C)O)cn2)CCC1(C)C. The zero-order valence-corrected chi connectivity index (χ0v) is 18.0. The van der Waals surface area contributed by atoms with Crippen LogP contribution < -0.4 is 4.90 Å². The maximum atomic E-state index is 12.3. The van der Waals surface area contributed by atoms with Gasteiger partial charge in [0, 0.05) is 13.5 Å². The van der Waals surface area contributed by atoms with Crippen molar-refractivity contribution in [3.63, 3.8) is 0 Å². The molecule has 5 heteroatoms. The number of carbonyl (C=O) groups excluding carboxylic acids is 1. The monoisotopic (exact) mass is 375 g/mol. The van der Waals surface area contributed by atoms with Crippen molar-refractivity contribution in [1.29, 1.82) is 0 Å². The number of anilines is 1. The molecule has 0 bridgehead atoms. The Kier molecular flexibility index (Phi) is 7.01. The van der Waals surface area contributed by atoms with Gasteiger partial charge in [-0.2, -0.15) is 0 Å². The molecule has 0 radical (unpaired) electrons. The molecule has 27 heavy (non-hydrogen) atoms. The molecule has 0 saturated heterocycles. The lowest BCUT2D eigenvalue weighted by atomic mass is 9.64. The molecule has 1 heterocycles. The highest BCUT2D eigenvalue weighted by Crippen LogP contribution is 2.45. The van der Waals surface area contributed by atoms with E-state index >= 15 is 0 Å². The Bertz CT molecular complexity index is 619. The molecular weight excluding hydrogens is 338 g/mol. The molecule has 0 aromatic carbocycles. The van der Waals surface area contributed by atoms with Gasteiger partial charge >= 0.3 is 0 Å². The van der Waals surface area contributed by atoms with Gasteiger partial charge in [-0.3, -0.25) is 14.7 Å². The van der Waals surface area contributed by atoms with Crippen LogP contribution in [0.3, 0.4) is 0 Å². The first-order chi connectivity index (χ1) is 12.5. The number of aromatic nitrogens is 2. The van der Waals surface area contributed by atoms with Gasteiger partial charge in [-0.1, -0.05) is 33.6 Å². The molecule has 1 aliphatic rings. The van der Waals surface area contributed by atoms with Crippen molar-refractivity contribution in [2.45, 2.75) is 85.7 Å². The van der Waals surface area contributed by atoms with E-state index in [0.29, 0.717) is 35.3 Å². The fourth-order valence-corrected chi connectivity index (χ4v) is 4.16. The second-order valence-electron chi connectivity index (χ2n) is 9.42. The van der Waals surface area contributed by atoms with Gasteiger partial charge in [-0.05, 0) is 56.8 Å². The molecule has 1 saturated carbocycles. The fraction of sp³-hybridized carbons (Fsp3) is 0.773. The number of nitrogens with zero attached hydrogens (tertiary/aromatic N) is 3. The quantitative estimate of drug-likeness (QED) is 0.751. The van der Waals surface area contributed by atoms with E-state index in [2.05, 4.69) is 30.7 Å². The van der Waals surface area contributed by atoms with E-state index in [1.54, 1.807) is 38.1 Å². The van der Waals surface area contributed by atoms with Gasteiger partial charge in [0.1, 0.15) is 5.60 Å². The van der Waals surface area contributed by atoms with Gasteiger partial charge in [0.25, 0.3) is 0 Å². The third-order valence-electron chi connectivity index (χ3n) is 6.19. The van der Waals surface area contributed by atoms with Crippen molar-refractivity contribution >= 4 is 11.7 Å². The molecule has 152 valence electrons. The Hall–Kier alpha value is -1.49. The van der Waals surface area contributed by atoms with Gasteiger partial charge in [0.2, 0.25) is 5.91 Å². The number of amides is 1. The molecule has 0 aliphatic heterocycles. The van der Waals surface area contributed by atoms with E-state index in [0.717, 1.165) is 6.42 Å². The molecule has 1 N–H and O–H groups in total. The first kappa shape index (κ1) is 21.8. The summed E-state index contributed by atoms with van der Waals surface area (Å²) in [6, 6.07) is 0. The Morgan fingerprint density at radius 2 is 2.04 bits per heavy atom. The highest BCUT2D eigenvalue weighted by Gasteiger charge is 2.36. The molecule has 1 aliphatic carbocycles. The summed E-state index contributed by atoms with van der Waals surface area (Å²) in [5.41, 5.74) is -0.136. The van der Waals surface area contributed by atoms with Crippen LogP contribution in [0.15, 0.2) is 12.4 Å². The second kappa shape index (κ2) is 8.68. The summed E-state index contributed by atoms with van der Waals surface area (Å²) >= 11 is 0. The molecular formula is C22H37N3O2. The Labute approximate surface area is 164 Å². The van der Waals surface area contributed by atoms with Gasteiger partial charge in [-0.25, -0.2) is 4.98 Å². The number of hydrogen-bond acceptors (Lipinski definition) is 4. The van der Waals surface area contributed by atoms with Crippen molar-refractivity contribution in [2.24, 2.45) is 17.3 Å². The number of carbonyl (C=O) groups is 1. The first-order valence-corrected chi connectivity index (χ1v) is 10.4.